The van der Waals surface area contributed by atoms with Crippen molar-refractivity contribution >= 4 is 23.1 Å². The minimum Gasteiger partial charge on any atom is -0.497 e. The van der Waals surface area contributed by atoms with E-state index >= 15 is 0 Å². The summed E-state index contributed by atoms with van der Waals surface area (Å²) in [4.78, 5) is 9.15. The molecule has 10 heteroatoms. The maximum Gasteiger partial charge on any atom is 0.241 e. The third-order valence-corrected chi connectivity index (χ3v) is 5.51. The van der Waals surface area contributed by atoms with Crippen molar-refractivity contribution in [2.24, 2.45) is 0 Å². The predicted octanol–water partition coefficient (Wildman–Crippen LogP) is 2.57. The highest BCUT2D eigenvalue weighted by Crippen LogP contribution is 2.21. The average Bonchev–Trinajstić information content (AvgIpc) is 3.33. The average molecular weight is 407 g/mol. The van der Waals surface area contributed by atoms with Crippen LogP contribution in [0.1, 0.15) is 11.6 Å². The van der Waals surface area contributed by atoms with E-state index in [2.05, 4.69) is 29.5 Å². The molecule has 0 radical (unpaired) electrons. The summed E-state index contributed by atoms with van der Waals surface area (Å²) in [6.45, 7) is 5.12. The van der Waals surface area contributed by atoms with E-state index in [0.717, 1.165) is 49.7 Å². The van der Waals surface area contributed by atoms with Gasteiger partial charge in [-0.05, 0) is 24.3 Å². The second-order valence-corrected chi connectivity index (χ2v) is 7.64. The zero-order chi connectivity index (χ0) is 18.6. The Morgan fingerprint density at radius 3 is 2.44 bits per heavy atom. The van der Waals surface area contributed by atoms with Gasteiger partial charge in [-0.15, -0.1) is 5.10 Å². The second kappa shape index (κ2) is 8.30. The van der Waals surface area contributed by atoms with Crippen molar-refractivity contribution in [3.8, 4) is 17.1 Å². The molecule has 1 aliphatic heterocycles. The molecule has 0 saturated carbocycles. The second-order valence-electron chi connectivity index (χ2n) is 6.29. The van der Waals surface area contributed by atoms with Crippen molar-refractivity contribution in [2.75, 3.05) is 33.3 Å². The Balaban J connectivity index is 1.30. The van der Waals surface area contributed by atoms with Gasteiger partial charge in [-0.3, -0.25) is 9.80 Å². The van der Waals surface area contributed by atoms with Crippen molar-refractivity contribution in [2.45, 2.75) is 13.1 Å². The van der Waals surface area contributed by atoms with E-state index in [1.54, 1.807) is 7.11 Å². The van der Waals surface area contributed by atoms with Gasteiger partial charge in [0, 0.05) is 49.8 Å². The van der Waals surface area contributed by atoms with Crippen LogP contribution in [0.15, 0.2) is 28.8 Å². The van der Waals surface area contributed by atoms with Gasteiger partial charge in [0.2, 0.25) is 11.7 Å². The van der Waals surface area contributed by atoms with E-state index < -0.39 is 0 Å². The first-order valence-electron chi connectivity index (χ1n) is 8.60. The zero-order valence-electron chi connectivity index (χ0n) is 14.8. The van der Waals surface area contributed by atoms with Gasteiger partial charge >= 0.3 is 0 Å². The number of rotatable bonds is 6. The molecule has 1 saturated heterocycles. The Morgan fingerprint density at radius 1 is 1.11 bits per heavy atom. The van der Waals surface area contributed by atoms with Crippen LogP contribution in [0.3, 0.4) is 0 Å². The summed E-state index contributed by atoms with van der Waals surface area (Å²) in [5.74, 6) is 2.02. The molecule has 1 aromatic carbocycles. The van der Waals surface area contributed by atoms with Crippen LogP contribution in [0.2, 0.25) is 4.34 Å². The first kappa shape index (κ1) is 18.3. The van der Waals surface area contributed by atoms with Gasteiger partial charge in [-0.2, -0.15) is 4.98 Å². The van der Waals surface area contributed by atoms with Crippen molar-refractivity contribution < 1.29 is 9.26 Å². The molecule has 0 amide bonds. The van der Waals surface area contributed by atoms with Gasteiger partial charge in [0.1, 0.15) is 15.8 Å². The third-order valence-electron chi connectivity index (χ3n) is 4.52. The predicted molar refractivity (Wildman–Crippen MR) is 102 cm³/mol. The van der Waals surface area contributed by atoms with Gasteiger partial charge in [0.25, 0.3) is 0 Å². The van der Waals surface area contributed by atoms with E-state index in [1.165, 1.54) is 11.5 Å². The number of methoxy groups -OCH3 is 1. The van der Waals surface area contributed by atoms with Crippen LogP contribution in [-0.4, -0.2) is 62.8 Å². The molecule has 8 nitrogen and oxygen atoms in total. The molecular formula is C17H19ClN6O2S. The van der Waals surface area contributed by atoms with E-state index in [0.29, 0.717) is 22.6 Å². The summed E-state index contributed by atoms with van der Waals surface area (Å²) >= 11 is 7.32. The highest BCUT2D eigenvalue weighted by molar-refractivity contribution is 7.10. The van der Waals surface area contributed by atoms with Crippen LogP contribution in [0.4, 0.5) is 0 Å². The number of benzene rings is 1. The molecule has 0 atom stereocenters. The fourth-order valence-corrected chi connectivity index (χ4v) is 3.59. The van der Waals surface area contributed by atoms with Gasteiger partial charge in [-0.1, -0.05) is 21.2 Å². The van der Waals surface area contributed by atoms with E-state index in [9.17, 15) is 0 Å². The van der Waals surface area contributed by atoms with Gasteiger partial charge in [0.05, 0.1) is 13.7 Å². The Labute approximate surface area is 165 Å². The summed E-state index contributed by atoms with van der Waals surface area (Å²) in [7, 11) is 1.64. The standard InChI is InChI=1S/C17H19ClN6O2S/c1-25-13-4-2-12(3-5-13)17-19-15(26-21-17)11-24-8-6-23(7-9-24)10-14-16(18)27-22-20-14/h2-5H,6-11H2,1H3. The van der Waals surface area contributed by atoms with Crippen molar-refractivity contribution in [3.05, 3.63) is 40.2 Å². The maximum absolute atomic E-state index is 6.09. The summed E-state index contributed by atoms with van der Waals surface area (Å²) in [5, 5.41) is 8.17. The lowest BCUT2D eigenvalue weighted by Crippen LogP contribution is -2.45. The molecule has 0 unspecified atom stereocenters. The molecule has 0 aliphatic carbocycles. The number of hydrogen-bond acceptors (Lipinski definition) is 9. The highest BCUT2D eigenvalue weighted by atomic mass is 35.5. The molecule has 0 spiro atoms. The Hall–Kier alpha value is -2.07. The fraction of sp³-hybridized carbons (Fsp3) is 0.412. The molecule has 1 aliphatic rings. The number of aromatic nitrogens is 4. The van der Waals surface area contributed by atoms with E-state index in [-0.39, 0.29) is 0 Å². The molecule has 4 rings (SSSR count). The normalized spacial score (nSPS) is 15.9. The zero-order valence-corrected chi connectivity index (χ0v) is 16.4. The number of ether oxygens (including phenoxy) is 1. The molecule has 3 heterocycles. The lowest BCUT2D eigenvalue weighted by Gasteiger charge is -2.33. The number of nitrogens with zero attached hydrogens (tertiary/aromatic N) is 6. The Bertz CT molecular complexity index is 876. The molecule has 3 aromatic rings. The first-order chi connectivity index (χ1) is 13.2. The number of piperazine rings is 1. The molecule has 2 aromatic heterocycles. The lowest BCUT2D eigenvalue weighted by atomic mass is 10.2. The molecule has 0 bridgehead atoms. The van der Waals surface area contributed by atoms with Gasteiger partial charge < -0.3 is 9.26 Å². The van der Waals surface area contributed by atoms with Crippen molar-refractivity contribution in [1.82, 2.24) is 29.5 Å². The van der Waals surface area contributed by atoms with E-state index in [1.807, 2.05) is 24.3 Å². The monoisotopic (exact) mass is 406 g/mol. The van der Waals surface area contributed by atoms with Crippen molar-refractivity contribution in [3.63, 3.8) is 0 Å². The molecule has 0 N–H and O–H groups in total. The summed E-state index contributed by atoms with van der Waals surface area (Å²) in [5.41, 5.74) is 1.76. The first-order valence-corrected chi connectivity index (χ1v) is 9.75. The van der Waals surface area contributed by atoms with Crippen LogP contribution in [0.5, 0.6) is 5.75 Å². The van der Waals surface area contributed by atoms with Crippen LogP contribution in [-0.2, 0) is 13.1 Å². The molecule has 27 heavy (non-hydrogen) atoms. The van der Waals surface area contributed by atoms with Crippen LogP contribution in [0, 0.1) is 0 Å². The third kappa shape index (κ3) is 4.44. The molecule has 142 valence electrons. The molecular weight excluding hydrogens is 388 g/mol. The largest absolute Gasteiger partial charge is 0.497 e. The fourth-order valence-electron chi connectivity index (χ4n) is 2.98. The number of hydrogen-bond donors (Lipinski definition) is 0. The highest BCUT2D eigenvalue weighted by Gasteiger charge is 2.21. The van der Waals surface area contributed by atoms with Crippen LogP contribution < -0.4 is 4.74 Å². The lowest BCUT2D eigenvalue weighted by molar-refractivity contribution is 0.111. The molecule has 1 fully saturated rings. The van der Waals surface area contributed by atoms with E-state index in [4.69, 9.17) is 20.9 Å². The van der Waals surface area contributed by atoms with Crippen LogP contribution in [0.25, 0.3) is 11.4 Å². The van der Waals surface area contributed by atoms with Gasteiger partial charge in [-0.25, -0.2) is 0 Å². The quantitative estimate of drug-likeness (QED) is 0.617. The summed E-state index contributed by atoms with van der Waals surface area (Å²) in [6, 6.07) is 7.61. The smallest absolute Gasteiger partial charge is 0.241 e. The minimum absolute atomic E-state index is 0.594. The topological polar surface area (TPSA) is 80.4 Å². The minimum atomic E-state index is 0.594. The van der Waals surface area contributed by atoms with Crippen LogP contribution >= 0.6 is 23.1 Å². The maximum atomic E-state index is 6.09. The Kier molecular flexibility index (Phi) is 5.63. The van der Waals surface area contributed by atoms with Crippen molar-refractivity contribution in [1.29, 1.82) is 0 Å². The SMILES string of the molecule is COc1ccc(-c2noc(CN3CCN(Cc4nnsc4Cl)CC3)n2)cc1. The summed E-state index contributed by atoms with van der Waals surface area (Å²) < 4.78 is 15.2. The summed E-state index contributed by atoms with van der Waals surface area (Å²) in [6.07, 6.45) is 0. The van der Waals surface area contributed by atoms with Gasteiger partial charge in [0.15, 0.2) is 0 Å². The number of halogens is 1. The Morgan fingerprint density at radius 2 is 1.81 bits per heavy atom.